The maximum absolute atomic E-state index is 10.7. The second-order valence-electron chi connectivity index (χ2n) is 3.04. The summed E-state index contributed by atoms with van der Waals surface area (Å²) in [5.41, 5.74) is 9.43. The lowest BCUT2D eigenvalue weighted by Crippen LogP contribution is -1.85. The fraction of sp³-hybridized carbons (Fsp3) is 0.182. The Balaban J connectivity index is 2.74. The molecule has 0 saturated heterocycles. The lowest BCUT2D eigenvalue weighted by atomic mass is 10.1. The number of azide groups is 1. The van der Waals surface area contributed by atoms with Gasteiger partial charge in [-0.3, -0.25) is 4.79 Å². The zero-order chi connectivity index (χ0) is 11.8. The van der Waals surface area contributed by atoms with E-state index in [0.717, 1.165) is 11.8 Å². The first-order valence-electron chi connectivity index (χ1n) is 4.70. The molecule has 1 aromatic rings. The van der Waals surface area contributed by atoms with Gasteiger partial charge in [0.05, 0.1) is 0 Å². The normalized spacial score (nSPS) is 10.1. The van der Waals surface area contributed by atoms with Gasteiger partial charge in [0.15, 0.2) is 6.29 Å². The Morgan fingerprint density at radius 1 is 1.44 bits per heavy atom. The first-order chi connectivity index (χ1) is 7.77. The van der Waals surface area contributed by atoms with Crippen LogP contribution in [-0.2, 0) is 0 Å². The molecule has 0 aliphatic rings. The van der Waals surface area contributed by atoms with Crippen molar-refractivity contribution in [3.8, 4) is 0 Å². The molecule has 0 atom stereocenters. The summed E-state index contributed by atoms with van der Waals surface area (Å²) in [5, 5.41) is 3.98. The van der Waals surface area contributed by atoms with Gasteiger partial charge in [-0.2, -0.15) is 0 Å². The lowest BCUT2D eigenvalue weighted by Gasteiger charge is -1.99. The molecule has 0 bridgehead atoms. The molecule has 0 unspecified atom stereocenters. The van der Waals surface area contributed by atoms with Crippen molar-refractivity contribution in [2.75, 3.05) is 6.54 Å². The zero-order valence-corrected chi connectivity index (χ0v) is 9.26. The third-order valence-corrected chi connectivity index (χ3v) is 2.17. The third kappa shape index (κ3) is 3.77. The molecule has 1 rings (SSSR count). The molecule has 0 radical (unpaired) electrons. The molecular formula is C11H10ClN3O. The van der Waals surface area contributed by atoms with Crippen LogP contribution in [0, 0.1) is 0 Å². The number of benzene rings is 1. The maximum atomic E-state index is 10.7. The van der Waals surface area contributed by atoms with Crippen molar-refractivity contribution in [3.63, 3.8) is 0 Å². The first-order valence-corrected chi connectivity index (χ1v) is 5.08. The van der Waals surface area contributed by atoms with Gasteiger partial charge in [0.25, 0.3) is 0 Å². The Morgan fingerprint density at radius 3 is 2.94 bits per heavy atom. The molecule has 0 N–H and O–H groups in total. The number of carbonyl (C=O) groups is 1. The molecule has 16 heavy (non-hydrogen) atoms. The number of nitrogens with zero attached hydrogens (tertiary/aromatic N) is 3. The van der Waals surface area contributed by atoms with E-state index < -0.39 is 0 Å². The summed E-state index contributed by atoms with van der Waals surface area (Å²) in [6.07, 6.45) is 5.05. The minimum atomic E-state index is 0.407. The van der Waals surface area contributed by atoms with E-state index in [-0.39, 0.29) is 0 Å². The molecule has 0 spiro atoms. The van der Waals surface area contributed by atoms with Crippen LogP contribution in [0.15, 0.2) is 29.4 Å². The summed E-state index contributed by atoms with van der Waals surface area (Å²) in [5.74, 6) is 0. The highest BCUT2D eigenvalue weighted by atomic mass is 35.5. The van der Waals surface area contributed by atoms with Gasteiger partial charge >= 0.3 is 0 Å². The van der Waals surface area contributed by atoms with E-state index in [0.29, 0.717) is 23.6 Å². The molecular weight excluding hydrogens is 226 g/mol. The Kier molecular flexibility index (Phi) is 5.12. The number of rotatable bonds is 5. The highest BCUT2D eigenvalue weighted by Crippen LogP contribution is 2.16. The number of hydrogen-bond donors (Lipinski definition) is 0. The van der Waals surface area contributed by atoms with E-state index in [1.54, 1.807) is 24.3 Å². The molecule has 0 aliphatic carbocycles. The van der Waals surface area contributed by atoms with Crippen molar-refractivity contribution in [2.24, 2.45) is 5.11 Å². The van der Waals surface area contributed by atoms with Gasteiger partial charge in [0.2, 0.25) is 0 Å². The predicted octanol–water partition coefficient (Wildman–Crippen LogP) is 3.87. The Labute approximate surface area is 98.2 Å². The van der Waals surface area contributed by atoms with Crippen molar-refractivity contribution < 1.29 is 4.79 Å². The molecule has 0 aliphatic heterocycles. The molecule has 5 heteroatoms. The van der Waals surface area contributed by atoms with E-state index in [4.69, 9.17) is 17.1 Å². The van der Waals surface area contributed by atoms with Crippen LogP contribution in [0.1, 0.15) is 22.3 Å². The van der Waals surface area contributed by atoms with Crippen LogP contribution in [0.4, 0.5) is 0 Å². The minimum Gasteiger partial charge on any atom is -0.298 e. The van der Waals surface area contributed by atoms with Gasteiger partial charge in [-0.15, -0.1) is 0 Å². The highest BCUT2D eigenvalue weighted by molar-refractivity contribution is 6.30. The van der Waals surface area contributed by atoms with Crippen molar-refractivity contribution in [1.29, 1.82) is 0 Å². The summed E-state index contributed by atoms with van der Waals surface area (Å²) in [6, 6.07) is 5.06. The maximum Gasteiger partial charge on any atom is 0.150 e. The van der Waals surface area contributed by atoms with E-state index in [2.05, 4.69) is 10.0 Å². The van der Waals surface area contributed by atoms with Gasteiger partial charge in [-0.25, -0.2) is 0 Å². The lowest BCUT2D eigenvalue weighted by molar-refractivity contribution is 0.112. The van der Waals surface area contributed by atoms with Crippen LogP contribution >= 0.6 is 11.6 Å². The largest absolute Gasteiger partial charge is 0.298 e. The number of halogens is 1. The SMILES string of the molecule is [N-]=[N+]=NCCC=Cc1cc(Cl)ccc1C=O. The van der Waals surface area contributed by atoms with Gasteiger partial charge in [0.1, 0.15) is 0 Å². The summed E-state index contributed by atoms with van der Waals surface area (Å²) in [6.45, 7) is 0.407. The number of carbonyl (C=O) groups excluding carboxylic acids is 1. The fourth-order valence-corrected chi connectivity index (χ4v) is 1.37. The number of aldehydes is 1. The quantitative estimate of drug-likeness (QED) is 0.251. The first kappa shape index (κ1) is 12.3. The Hall–Kier alpha value is -1.77. The minimum absolute atomic E-state index is 0.407. The van der Waals surface area contributed by atoms with Crippen molar-refractivity contribution in [1.82, 2.24) is 0 Å². The topological polar surface area (TPSA) is 65.8 Å². The van der Waals surface area contributed by atoms with Gasteiger partial charge in [-0.1, -0.05) is 28.9 Å². The molecule has 1 aromatic carbocycles. The van der Waals surface area contributed by atoms with E-state index in [1.807, 2.05) is 6.08 Å². The molecule has 82 valence electrons. The number of hydrogen-bond acceptors (Lipinski definition) is 2. The summed E-state index contributed by atoms with van der Waals surface area (Å²) in [4.78, 5) is 13.4. The van der Waals surface area contributed by atoms with Gasteiger partial charge in [-0.05, 0) is 35.7 Å². The Morgan fingerprint density at radius 2 is 2.25 bits per heavy atom. The third-order valence-electron chi connectivity index (χ3n) is 1.93. The zero-order valence-electron chi connectivity index (χ0n) is 8.51. The predicted molar refractivity (Wildman–Crippen MR) is 64.5 cm³/mol. The smallest absolute Gasteiger partial charge is 0.150 e. The summed E-state index contributed by atoms with van der Waals surface area (Å²) >= 11 is 5.82. The highest BCUT2D eigenvalue weighted by Gasteiger charge is 1.98. The molecule has 0 fully saturated rings. The van der Waals surface area contributed by atoms with E-state index >= 15 is 0 Å². The summed E-state index contributed by atoms with van der Waals surface area (Å²) in [7, 11) is 0. The van der Waals surface area contributed by atoms with E-state index in [1.165, 1.54) is 0 Å². The Bertz CT molecular complexity index is 451. The van der Waals surface area contributed by atoms with Crippen molar-refractivity contribution in [2.45, 2.75) is 6.42 Å². The van der Waals surface area contributed by atoms with Crippen LogP contribution in [0.2, 0.25) is 5.02 Å². The summed E-state index contributed by atoms with van der Waals surface area (Å²) < 4.78 is 0. The van der Waals surface area contributed by atoms with Crippen LogP contribution in [-0.4, -0.2) is 12.8 Å². The van der Waals surface area contributed by atoms with Crippen molar-refractivity contribution in [3.05, 3.63) is 50.9 Å². The van der Waals surface area contributed by atoms with Crippen LogP contribution in [0.25, 0.3) is 16.5 Å². The monoisotopic (exact) mass is 235 g/mol. The van der Waals surface area contributed by atoms with Crippen LogP contribution < -0.4 is 0 Å². The van der Waals surface area contributed by atoms with E-state index in [9.17, 15) is 4.79 Å². The second-order valence-corrected chi connectivity index (χ2v) is 3.47. The van der Waals surface area contributed by atoms with Gasteiger partial charge in [0, 0.05) is 22.0 Å². The standard InChI is InChI=1S/C11H10ClN3O/c12-11-5-4-10(8-16)9(7-11)3-1-2-6-14-15-13/h1,3-5,7-8H,2,6H2. The molecule has 0 saturated carbocycles. The van der Waals surface area contributed by atoms with Crippen LogP contribution in [0.5, 0.6) is 0 Å². The van der Waals surface area contributed by atoms with Gasteiger partial charge < -0.3 is 0 Å². The molecule has 0 aromatic heterocycles. The second kappa shape index (κ2) is 6.67. The molecule has 0 amide bonds. The fourth-order valence-electron chi connectivity index (χ4n) is 1.18. The molecule has 0 heterocycles. The van der Waals surface area contributed by atoms with Crippen LogP contribution in [0.3, 0.4) is 0 Å². The molecule has 4 nitrogen and oxygen atoms in total. The van der Waals surface area contributed by atoms with Crippen molar-refractivity contribution >= 4 is 24.0 Å². The average molecular weight is 236 g/mol. The average Bonchev–Trinajstić information content (AvgIpc) is 2.29.